The Labute approximate surface area is 291 Å². The van der Waals surface area contributed by atoms with E-state index in [0.717, 1.165) is 23.7 Å². The van der Waals surface area contributed by atoms with Gasteiger partial charge >= 0.3 is 0 Å². The summed E-state index contributed by atoms with van der Waals surface area (Å²) >= 11 is 0. The van der Waals surface area contributed by atoms with E-state index < -0.39 is 0 Å². The van der Waals surface area contributed by atoms with E-state index in [1.54, 1.807) is 11.1 Å². The van der Waals surface area contributed by atoms with Crippen molar-refractivity contribution in [3.63, 3.8) is 0 Å². The van der Waals surface area contributed by atoms with Crippen LogP contribution in [0.4, 0.5) is 17.1 Å². The summed E-state index contributed by atoms with van der Waals surface area (Å²) in [5.74, 6) is 3.39. The Morgan fingerprint density at radius 2 is 1.12 bits per heavy atom. The monoisotopic (exact) mass is 635 g/mol. The molecule has 0 N–H and O–H groups in total. The number of fused-ring (bicyclic) bond motifs is 4. The number of nitrogens with zero attached hydrogens (tertiary/aromatic N) is 1. The van der Waals surface area contributed by atoms with Gasteiger partial charge in [-0.2, -0.15) is 0 Å². The van der Waals surface area contributed by atoms with Crippen LogP contribution in [-0.2, 0) is 10.8 Å². The molecule has 6 aromatic rings. The standard InChI is InChI=1S/C48H45N/c1-47(2,3)44-14-9-15-45-46(44)42-30-41(22-23-43(42)48(45)37-25-31-24-32(27-37)28-38(48)26-31)49(40-21-18-34-12-7-8-13-36(34)29-40)39-19-16-35(17-20-39)33-10-5-4-6-11-33/h4-23,29-32,37-38H,24-28H2,1-3H3. The fraction of sp³-hybridized carbons (Fsp3) is 0.292. The summed E-state index contributed by atoms with van der Waals surface area (Å²) in [7, 11) is 0. The first-order chi connectivity index (χ1) is 23.9. The van der Waals surface area contributed by atoms with Gasteiger partial charge in [0, 0.05) is 22.5 Å². The Kier molecular flexibility index (Phi) is 6.39. The zero-order valence-corrected chi connectivity index (χ0v) is 29.0. The summed E-state index contributed by atoms with van der Waals surface area (Å²) in [6, 6.07) is 50.5. The van der Waals surface area contributed by atoms with Crippen molar-refractivity contribution in [2.45, 2.75) is 63.7 Å². The van der Waals surface area contributed by atoms with E-state index in [2.05, 4.69) is 159 Å². The van der Waals surface area contributed by atoms with Gasteiger partial charge in [-0.05, 0) is 147 Å². The Balaban J connectivity index is 1.18. The molecule has 0 aromatic heterocycles. The van der Waals surface area contributed by atoms with Crippen molar-refractivity contribution in [1.29, 1.82) is 0 Å². The molecule has 4 saturated carbocycles. The van der Waals surface area contributed by atoms with Gasteiger partial charge in [0.25, 0.3) is 0 Å². The molecule has 242 valence electrons. The molecule has 49 heavy (non-hydrogen) atoms. The Morgan fingerprint density at radius 1 is 0.510 bits per heavy atom. The highest BCUT2D eigenvalue weighted by Crippen LogP contribution is 2.70. The minimum absolute atomic E-state index is 0.0569. The second-order valence-electron chi connectivity index (χ2n) is 16.7. The molecule has 6 aromatic carbocycles. The van der Waals surface area contributed by atoms with Crippen LogP contribution in [0.1, 0.15) is 69.6 Å². The van der Waals surface area contributed by atoms with E-state index in [9.17, 15) is 0 Å². The summed E-state index contributed by atoms with van der Waals surface area (Å²) in [4.78, 5) is 2.49. The molecule has 5 aliphatic carbocycles. The molecule has 5 aliphatic rings. The molecule has 0 heterocycles. The highest BCUT2D eigenvalue weighted by Gasteiger charge is 2.62. The van der Waals surface area contributed by atoms with Gasteiger partial charge in [-0.1, -0.05) is 118 Å². The normalized spacial score (nSPS) is 24.7. The molecule has 0 unspecified atom stereocenters. The minimum Gasteiger partial charge on any atom is -0.310 e. The molecule has 0 amide bonds. The first-order valence-electron chi connectivity index (χ1n) is 18.6. The van der Waals surface area contributed by atoms with Gasteiger partial charge in [0.1, 0.15) is 0 Å². The largest absolute Gasteiger partial charge is 0.310 e. The van der Waals surface area contributed by atoms with Gasteiger partial charge in [-0.3, -0.25) is 0 Å². The van der Waals surface area contributed by atoms with E-state index in [4.69, 9.17) is 0 Å². The lowest BCUT2D eigenvalue weighted by molar-refractivity contribution is -0.0399. The minimum atomic E-state index is 0.0569. The summed E-state index contributed by atoms with van der Waals surface area (Å²) in [5, 5.41) is 2.53. The van der Waals surface area contributed by atoms with Crippen LogP contribution in [-0.4, -0.2) is 0 Å². The SMILES string of the molecule is CC(C)(C)c1cccc2c1-c1cc(N(c3ccc(-c4ccccc4)cc3)c3ccc4ccccc4c3)ccc1C21C2CC3CC(C2)CC1C3. The highest BCUT2D eigenvalue weighted by atomic mass is 15.1. The molecule has 1 spiro atoms. The van der Waals surface area contributed by atoms with Crippen LogP contribution in [0.15, 0.2) is 133 Å². The Bertz CT molecular complexity index is 2190. The van der Waals surface area contributed by atoms with Gasteiger partial charge in [0.2, 0.25) is 0 Å². The second-order valence-corrected chi connectivity index (χ2v) is 16.7. The summed E-state index contributed by atoms with van der Waals surface area (Å²) in [6.45, 7) is 7.22. The van der Waals surface area contributed by atoms with Gasteiger partial charge in [-0.25, -0.2) is 0 Å². The lowest BCUT2D eigenvalue weighted by atomic mass is 9.43. The quantitative estimate of drug-likeness (QED) is 0.186. The Morgan fingerprint density at radius 3 is 1.84 bits per heavy atom. The fourth-order valence-corrected chi connectivity index (χ4v) is 11.2. The third-order valence-corrected chi connectivity index (χ3v) is 12.9. The third kappa shape index (κ3) is 4.37. The Hall–Kier alpha value is -4.62. The van der Waals surface area contributed by atoms with Crippen molar-refractivity contribution in [1.82, 2.24) is 0 Å². The molecule has 0 saturated heterocycles. The van der Waals surface area contributed by atoms with E-state index in [0.29, 0.717) is 0 Å². The zero-order chi connectivity index (χ0) is 32.9. The van der Waals surface area contributed by atoms with E-state index >= 15 is 0 Å². The van der Waals surface area contributed by atoms with Crippen LogP contribution in [0.2, 0.25) is 0 Å². The molecule has 0 aliphatic heterocycles. The molecule has 4 bridgehead atoms. The molecule has 0 radical (unpaired) electrons. The van der Waals surface area contributed by atoms with Crippen molar-refractivity contribution in [3.05, 3.63) is 150 Å². The predicted octanol–water partition coefficient (Wildman–Crippen LogP) is 13.0. The lowest BCUT2D eigenvalue weighted by Crippen LogP contribution is -2.55. The molecular weight excluding hydrogens is 591 g/mol. The topological polar surface area (TPSA) is 3.24 Å². The summed E-state index contributed by atoms with van der Waals surface area (Å²) in [5.41, 5.74) is 14.1. The van der Waals surface area contributed by atoms with Crippen molar-refractivity contribution < 1.29 is 0 Å². The van der Waals surface area contributed by atoms with E-state index in [-0.39, 0.29) is 10.8 Å². The first-order valence-corrected chi connectivity index (χ1v) is 18.6. The number of benzene rings is 6. The molecule has 11 rings (SSSR count). The van der Waals surface area contributed by atoms with Crippen molar-refractivity contribution in [2.75, 3.05) is 4.90 Å². The first kappa shape index (κ1) is 29.3. The number of anilines is 3. The van der Waals surface area contributed by atoms with E-state index in [1.165, 1.54) is 87.8 Å². The molecule has 0 atom stereocenters. The number of rotatable bonds is 4. The highest BCUT2D eigenvalue weighted by molar-refractivity contribution is 5.92. The van der Waals surface area contributed by atoms with Crippen LogP contribution in [0.3, 0.4) is 0 Å². The van der Waals surface area contributed by atoms with Crippen LogP contribution in [0.25, 0.3) is 33.0 Å². The molecular formula is C48H45N. The van der Waals surface area contributed by atoms with Crippen LogP contribution in [0, 0.1) is 23.7 Å². The summed E-state index contributed by atoms with van der Waals surface area (Å²) in [6.07, 6.45) is 7.11. The van der Waals surface area contributed by atoms with Crippen LogP contribution >= 0.6 is 0 Å². The maximum Gasteiger partial charge on any atom is 0.0468 e. The second kappa shape index (κ2) is 10.7. The predicted molar refractivity (Wildman–Crippen MR) is 206 cm³/mol. The zero-order valence-electron chi connectivity index (χ0n) is 29.0. The molecule has 1 heteroatoms. The van der Waals surface area contributed by atoms with Crippen LogP contribution < -0.4 is 4.90 Å². The average molecular weight is 636 g/mol. The van der Waals surface area contributed by atoms with Gasteiger partial charge in [0.15, 0.2) is 0 Å². The molecule has 1 nitrogen and oxygen atoms in total. The van der Waals surface area contributed by atoms with E-state index in [1.807, 2.05) is 0 Å². The van der Waals surface area contributed by atoms with Crippen LogP contribution in [0.5, 0.6) is 0 Å². The third-order valence-electron chi connectivity index (χ3n) is 12.9. The van der Waals surface area contributed by atoms with Gasteiger partial charge in [0.05, 0.1) is 0 Å². The molecule has 4 fully saturated rings. The van der Waals surface area contributed by atoms with Gasteiger partial charge < -0.3 is 4.90 Å². The van der Waals surface area contributed by atoms with Crippen molar-refractivity contribution in [3.8, 4) is 22.3 Å². The number of hydrogen-bond acceptors (Lipinski definition) is 1. The maximum absolute atomic E-state index is 2.58. The average Bonchev–Trinajstić information content (AvgIpc) is 3.41. The van der Waals surface area contributed by atoms with Crippen molar-refractivity contribution >= 4 is 27.8 Å². The fourth-order valence-electron chi connectivity index (χ4n) is 11.2. The summed E-state index contributed by atoms with van der Waals surface area (Å²) < 4.78 is 0. The van der Waals surface area contributed by atoms with Gasteiger partial charge in [-0.15, -0.1) is 0 Å². The maximum atomic E-state index is 2.58. The van der Waals surface area contributed by atoms with Crippen molar-refractivity contribution in [2.24, 2.45) is 23.7 Å². The smallest absolute Gasteiger partial charge is 0.0468 e. The number of hydrogen-bond donors (Lipinski definition) is 0. The lowest BCUT2D eigenvalue weighted by Gasteiger charge is -2.61.